The number of piperazine rings is 1. The number of hydrogen-bond acceptors (Lipinski definition) is 3. The normalized spacial score (nSPS) is 18.3. The monoisotopic (exact) mass is 212 g/mol. The third-order valence-electron chi connectivity index (χ3n) is 2.37. The average molecular weight is 212 g/mol. The van der Waals surface area contributed by atoms with Gasteiger partial charge in [0, 0.05) is 26.2 Å². The maximum absolute atomic E-state index is 11.5. The van der Waals surface area contributed by atoms with Crippen LogP contribution in [-0.2, 0) is 9.59 Å². The minimum Gasteiger partial charge on any atom is -0.481 e. The van der Waals surface area contributed by atoms with E-state index in [9.17, 15) is 9.59 Å². The van der Waals surface area contributed by atoms with Crippen LogP contribution in [0.1, 0.15) is 6.42 Å². The predicted octanol–water partition coefficient (Wildman–Crippen LogP) is -0.209. The Morgan fingerprint density at radius 3 is 2.40 bits per heavy atom. The molecule has 0 spiro atoms. The van der Waals surface area contributed by atoms with Crippen LogP contribution >= 0.6 is 0 Å². The summed E-state index contributed by atoms with van der Waals surface area (Å²) in [5.74, 6) is -1.01. The predicted molar refractivity (Wildman–Crippen MR) is 55.5 cm³/mol. The lowest BCUT2D eigenvalue weighted by Gasteiger charge is -2.31. The standard InChI is InChI=1S/C10H16N2O3/c1-11-5-7-12(8-6-11)9(13)3-2-4-10(14)15/h2-3H,4-8H2,1H3,(H,14,15)/b3-2+. The van der Waals surface area contributed by atoms with Crippen LogP contribution < -0.4 is 0 Å². The molecule has 0 unspecified atom stereocenters. The van der Waals surface area contributed by atoms with Gasteiger partial charge in [0.2, 0.25) is 5.91 Å². The quantitative estimate of drug-likeness (QED) is 0.658. The molecule has 0 aromatic heterocycles. The van der Waals surface area contributed by atoms with Crippen LogP contribution in [0.3, 0.4) is 0 Å². The van der Waals surface area contributed by atoms with Crippen LogP contribution in [0.25, 0.3) is 0 Å². The third kappa shape index (κ3) is 4.12. The van der Waals surface area contributed by atoms with E-state index in [1.54, 1.807) is 4.90 Å². The van der Waals surface area contributed by atoms with E-state index in [-0.39, 0.29) is 12.3 Å². The molecule has 5 heteroatoms. The summed E-state index contributed by atoms with van der Waals surface area (Å²) in [7, 11) is 2.02. The fourth-order valence-electron chi connectivity index (χ4n) is 1.39. The van der Waals surface area contributed by atoms with Crippen molar-refractivity contribution in [2.75, 3.05) is 33.2 Å². The van der Waals surface area contributed by atoms with Gasteiger partial charge in [0.25, 0.3) is 0 Å². The number of carboxylic acid groups (broad SMARTS) is 1. The highest BCUT2D eigenvalue weighted by molar-refractivity contribution is 5.88. The second-order valence-electron chi connectivity index (χ2n) is 3.63. The van der Waals surface area contributed by atoms with Gasteiger partial charge >= 0.3 is 5.97 Å². The Kier molecular flexibility index (Phi) is 4.30. The van der Waals surface area contributed by atoms with Gasteiger partial charge in [-0.15, -0.1) is 0 Å². The lowest BCUT2D eigenvalue weighted by atomic mass is 10.3. The first-order valence-corrected chi connectivity index (χ1v) is 4.95. The number of carboxylic acids is 1. The van der Waals surface area contributed by atoms with Crippen LogP contribution in [0, 0.1) is 0 Å². The number of hydrogen-bond donors (Lipinski definition) is 1. The Morgan fingerprint density at radius 2 is 1.87 bits per heavy atom. The summed E-state index contributed by atoms with van der Waals surface area (Å²) >= 11 is 0. The maximum atomic E-state index is 11.5. The second kappa shape index (κ2) is 5.50. The molecule has 15 heavy (non-hydrogen) atoms. The molecule has 0 bridgehead atoms. The average Bonchev–Trinajstić information content (AvgIpc) is 2.18. The van der Waals surface area contributed by atoms with Gasteiger partial charge in [-0.05, 0) is 13.1 Å². The molecule has 0 atom stereocenters. The van der Waals surface area contributed by atoms with E-state index in [2.05, 4.69) is 4.90 Å². The maximum Gasteiger partial charge on any atom is 0.307 e. The van der Waals surface area contributed by atoms with E-state index in [1.165, 1.54) is 12.2 Å². The molecule has 1 amide bonds. The summed E-state index contributed by atoms with van der Waals surface area (Å²) in [6, 6.07) is 0. The van der Waals surface area contributed by atoms with Crippen molar-refractivity contribution in [1.29, 1.82) is 0 Å². The van der Waals surface area contributed by atoms with Crippen LogP contribution in [0.2, 0.25) is 0 Å². The Labute approximate surface area is 89.0 Å². The fourth-order valence-corrected chi connectivity index (χ4v) is 1.39. The van der Waals surface area contributed by atoms with Crippen molar-refractivity contribution in [3.63, 3.8) is 0 Å². The first kappa shape index (κ1) is 11.7. The van der Waals surface area contributed by atoms with E-state index < -0.39 is 5.97 Å². The van der Waals surface area contributed by atoms with Crippen LogP contribution in [0.15, 0.2) is 12.2 Å². The topological polar surface area (TPSA) is 60.9 Å². The van der Waals surface area contributed by atoms with Crippen LogP contribution in [0.5, 0.6) is 0 Å². The van der Waals surface area contributed by atoms with Gasteiger partial charge < -0.3 is 14.9 Å². The summed E-state index contributed by atoms with van der Waals surface area (Å²) in [6.45, 7) is 3.18. The fraction of sp³-hybridized carbons (Fsp3) is 0.600. The van der Waals surface area contributed by atoms with E-state index in [4.69, 9.17) is 5.11 Å². The molecule has 0 aromatic carbocycles. The molecule has 1 saturated heterocycles. The zero-order chi connectivity index (χ0) is 11.3. The molecule has 1 rings (SSSR count). The number of aliphatic carboxylic acids is 1. The minimum absolute atomic E-state index is 0.0932. The molecule has 1 aliphatic rings. The second-order valence-corrected chi connectivity index (χ2v) is 3.63. The molecule has 0 saturated carbocycles. The van der Waals surface area contributed by atoms with Crippen LogP contribution in [-0.4, -0.2) is 60.0 Å². The number of carbonyl (C=O) groups excluding carboxylic acids is 1. The molecule has 1 fully saturated rings. The molecule has 84 valence electrons. The van der Waals surface area contributed by atoms with Crippen molar-refractivity contribution in [1.82, 2.24) is 9.80 Å². The van der Waals surface area contributed by atoms with Crippen molar-refractivity contribution in [3.8, 4) is 0 Å². The van der Waals surface area contributed by atoms with Crippen molar-refractivity contribution in [2.24, 2.45) is 0 Å². The highest BCUT2D eigenvalue weighted by atomic mass is 16.4. The highest BCUT2D eigenvalue weighted by Crippen LogP contribution is 2.00. The summed E-state index contributed by atoms with van der Waals surface area (Å²) in [5.41, 5.74) is 0. The number of rotatable bonds is 3. The molecule has 0 aromatic rings. The number of nitrogens with zero attached hydrogens (tertiary/aromatic N) is 2. The van der Waals surface area contributed by atoms with Crippen LogP contribution in [0.4, 0.5) is 0 Å². The molecular weight excluding hydrogens is 196 g/mol. The van der Waals surface area contributed by atoms with E-state index in [0.29, 0.717) is 13.1 Å². The lowest BCUT2D eigenvalue weighted by Crippen LogP contribution is -2.46. The van der Waals surface area contributed by atoms with E-state index in [0.717, 1.165) is 13.1 Å². The third-order valence-corrected chi connectivity index (χ3v) is 2.37. The van der Waals surface area contributed by atoms with Gasteiger partial charge in [0.1, 0.15) is 0 Å². The van der Waals surface area contributed by atoms with Crippen molar-refractivity contribution in [2.45, 2.75) is 6.42 Å². The van der Waals surface area contributed by atoms with Gasteiger partial charge in [-0.1, -0.05) is 6.08 Å². The Balaban J connectivity index is 2.34. The van der Waals surface area contributed by atoms with Gasteiger partial charge in [0.15, 0.2) is 0 Å². The highest BCUT2D eigenvalue weighted by Gasteiger charge is 2.16. The molecule has 1 heterocycles. The van der Waals surface area contributed by atoms with Gasteiger partial charge in [0.05, 0.1) is 6.42 Å². The number of carbonyl (C=O) groups is 2. The largest absolute Gasteiger partial charge is 0.481 e. The first-order valence-electron chi connectivity index (χ1n) is 4.95. The molecule has 1 aliphatic heterocycles. The molecule has 0 radical (unpaired) electrons. The SMILES string of the molecule is CN1CCN(C(=O)/C=C/CC(=O)O)CC1. The van der Waals surface area contributed by atoms with Gasteiger partial charge in [-0.25, -0.2) is 0 Å². The Morgan fingerprint density at radius 1 is 1.27 bits per heavy atom. The number of likely N-dealkylation sites (N-methyl/N-ethyl adjacent to an activating group) is 1. The Bertz CT molecular complexity index is 268. The zero-order valence-corrected chi connectivity index (χ0v) is 8.85. The summed E-state index contributed by atoms with van der Waals surface area (Å²) in [6.07, 6.45) is 2.64. The Hall–Kier alpha value is -1.36. The first-order chi connectivity index (χ1) is 7.09. The molecule has 1 N–H and O–H groups in total. The van der Waals surface area contributed by atoms with Crippen molar-refractivity contribution < 1.29 is 14.7 Å². The molecular formula is C10H16N2O3. The summed E-state index contributed by atoms with van der Waals surface area (Å²) < 4.78 is 0. The minimum atomic E-state index is -0.919. The lowest BCUT2D eigenvalue weighted by molar-refractivity contribution is -0.136. The van der Waals surface area contributed by atoms with Crippen molar-refractivity contribution >= 4 is 11.9 Å². The summed E-state index contributed by atoms with van der Waals surface area (Å²) in [5, 5.41) is 8.39. The molecule has 5 nitrogen and oxygen atoms in total. The van der Waals surface area contributed by atoms with Gasteiger partial charge in [-0.2, -0.15) is 0 Å². The smallest absolute Gasteiger partial charge is 0.307 e. The van der Waals surface area contributed by atoms with E-state index in [1.807, 2.05) is 7.05 Å². The number of amides is 1. The zero-order valence-electron chi connectivity index (χ0n) is 8.85. The summed E-state index contributed by atoms with van der Waals surface area (Å²) in [4.78, 5) is 25.6. The molecule has 0 aliphatic carbocycles. The van der Waals surface area contributed by atoms with E-state index >= 15 is 0 Å². The van der Waals surface area contributed by atoms with Crippen molar-refractivity contribution in [3.05, 3.63) is 12.2 Å². The van der Waals surface area contributed by atoms with Gasteiger partial charge in [-0.3, -0.25) is 9.59 Å².